The number of nitrogens with two attached hydrogens (primary N) is 1. The fourth-order valence-electron chi connectivity index (χ4n) is 3.24. The van der Waals surface area contributed by atoms with Crippen LogP contribution in [0.4, 0.5) is 10.5 Å². The molecule has 3 rings (SSSR count). The number of nitrogens with zero attached hydrogens (tertiary/aromatic N) is 2. The SMILES string of the molecule is CCc1nccc(N(C(=O)Cc2ccc(Oc3ccc(C(N)=S)cc3)cc2)C(=O)OC(C)C)c1Cl. The lowest BCUT2D eigenvalue weighted by atomic mass is 10.1. The minimum Gasteiger partial charge on any atom is -0.457 e. The summed E-state index contributed by atoms with van der Waals surface area (Å²) in [5, 5.41) is 0.245. The highest BCUT2D eigenvalue weighted by Crippen LogP contribution is 2.30. The van der Waals surface area contributed by atoms with Gasteiger partial charge in [0.1, 0.15) is 16.5 Å². The second kappa shape index (κ2) is 11.8. The summed E-state index contributed by atoms with van der Waals surface area (Å²) in [6.45, 7) is 5.31. The van der Waals surface area contributed by atoms with Crippen LogP contribution in [0.3, 0.4) is 0 Å². The van der Waals surface area contributed by atoms with Gasteiger partial charge in [-0.05, 0) is 68.3 Å². The van der Waals surface area contributed by atoms with Crippen molar-refractivity contribution in [2.45, 2.75) is 39.7 Å². The van der Waals surface area contributed by atoms with E-state index in [2.05, 4.69) is 4.98 Å². The molecule has 1 heterocycles. The highest BCUT2D eigenvalue weighted by molar-refractivity contribution is 7.80. The minimum absolute atomic E-state index is 0.0454. The maximum absolute atomic E-state index is 13.2. The first-order valence-corrected chi connectivity index (χ1v) is 11.8. The molecule has 182 valence electrons. The lowest BCUT2D eigenvalue weighted by Gasteiger charge is -2.23. The standard InChI is InChI=1S/C26H26ClN3O4S/c1-4-21-24(27)22(13-14-29-21)30(26(32)33-16(2)3)23(31)15-17-5-9-19(10-6-17)34-20-11-7-18(8-12-20)25(28)35/h5-14,16H,4,15H2,1-3H3,(H2,28,35). The lowest BCUT2D eigenvalue weighted by molar-refractivity contribution is -0.117. The van der Waals surface area contributed by atoms with Crippen LogP contribution in [0.1, 0.15) is 37.6 Å². The van der Waals surface area contributed by atoms with Gasteiger partial charge >= 0.3 is 6.09 Å². The zero-order valence-electron chi connectivity index (χ0n) is 19.7. The molecule has 2 amide bonds. The van der Waals surface area contributed by atoms with Crippen LogP contribution in [0.15, 0.2) is 60.8 Å². The van der Waals surface area contributed by atoms with Gasteiger partial charge in [0.25, 0.3) is 0 Å². The maximum Gasteiger partial charge on any atom is 0.421 e. The van der Waals surface area contributed by atoms with Crippen molar-refractivity contribution in [3.8, 4) is 11.5 Å². The number of pyridine rings is 1. The molecule has 35 heavy (non-hydrogen) atoms. The molecule has 1 aromatic heterocycles. The van der Waals surface area contributed by atoms with E-state index in [9.17, 15) is 9.59 Å². The molecule has 0 bridgehead atoms. The fraction of sp³-hybridized carbons (Fsp3) is 0.231. The summed E-state index contributed by atoms with van der Waals surface area (Å²) in [4.78, 5) is 31.6. The van der Waals surface area contributed by atoms with E-state index in [1.807, 2.05) is 6.92 Å². The molecule has 9 heteroatoms. The molecule has 0 aliphatic rings. The van der Waals surface area contributed by atoms with E-state index < -0.39 is 18.1 Å². The summed E-state index contributed by atoms with van der Waals surface area (Å²) >= 11 is 11.4. The molecule has 0 aliphatic heterocycles. The quantitative estimate of drug-likeness (QED) is 0.379. The minimum atomic E-state index is -0.791. The van der Waals surface area contributed by atoms with Crippen LogP contribution in [-0.4, -0.2) is 28.1 Å². The Kier molecular flexibility index (Phi) is 8.78. The number of hydrogen-bond acceptors (Lipinski definition) is 6. The second-order valence-electron chi connectivity index (χ2n) is 7.92. The van der Waals surface area contributed by atoms with Crippen LogP contribution in [0.2, 0.25) is 5.02 Å². The average molecular weight is 512 g/mol. The Balaban J connectivity index is 1.78. The van der Waals surface area contributed by atoms with Crippen molar-refractivity contribution in [1.82, 2.24) is 4.98 Å². The lowest BCUT2D eigenvalue weighted by Crippen LogP contribution is -2.40. The zero-order chi connectivity index (χ0) is 25.5. The van der Waals surface area contributed by atoms with Gasteiger partial charge in [-0.15, -0.1) is 0 Å². The molecular formula is C26H26ClN3O4S. The number of ether oxygens (including phenoxy) is 2. The third-order valence-corrected chi connectivity index (χ3v) is 5.59. The van der Waals surface area contributed by atoms with E-state index >= 15 is 0 Å². The number of carbonyl (C=O) groups is 2. The summed E-state index contributed by atoms with van der Waals surface area (Å²) in [6.07, 6.45) is 0.825. The number of rotatable bonds is 8. The highest BCUT2D eigenvalue weighted by atomic mass is 35.5. The first kappa shape index (κ1) is 26.1. The molecule has 7 nitrogen and oxygen atoms in total. The van der Waals surface area contributed by atoms with Gasteiger partial charge in [0.15, 0.2) is 0 Å². The number of benzene rings is 2. The van der Waals surface area contributed by atoms with Gasteiger partial charge in [-0.2, -0.15) is 0 Å². The number of thiocarbonyl (C=S) groups is 1. The smallest absolute Gasteiger partial charge is 0.421 e. The molecule has 0 saturated carbocycles. The molecule has 0 spiro atoms. The highest BCUT2D eigenvalue weighted by Gasteiger charge is 2.28. The Morgan fingerprint density at radius 1 is 1.06 bits per heavy atom. The summed E-state index contributed by atoms with van der Waals surface area (Å²) in [5.41, 5.74) is 7.89. The average Bonchev–Trinajstić information content (AvgIpc) is 2.81. The third-order valence-electron chi connectivity index (χ3n) is 4.94. The predicted octanol–water partition coefficient (Wildman–Crippen LogP) is 5.84. The Morgan fingerprint density at radius 2 is 1.66 bits per heavy atom. The number of aromatic nitrogens is 1. The Bertz CT molecular complexity index is 1210. The van der Waals surface area contributed by atoms with Crippen LogP contribution in [-0.2, 0) is 22.4 Å². The number of hydrogen-bond donors (Lipinski definition) is 1. The van der Waals surface area contributed by atoms with Gasteiger partial charge in [-0.25, -0.2) is 9.69 Å². The number of amides is 2. The second-order valence-corrected chi connectivity index (χ2v) is 8.74. The van der Waals surface area contributed by atoms with E-state index in [1.165, 1.54) is 12.3 Å². The summed E-state index contributed by atoms with van der Waals surface area (Å²) < 4.78 is 11.1. The van der Waals surface area contributed by atoms with Crippen molar-refractivity contribution >= 4 is 46.5 Å². The number of imide groups is 1. The largest absolute Gasteiger partial charge is 0.457 e. The predicted molar refractivity (Wildman–Crippen MR) is 140 cm³/mol. The van der Waals surface area contributed by atoms with Crippen molar-refractivity contribution in [3.05, 3.63) is 82.6 Å². The Morgan fingerprint density at radius 3 is 2.20 bits per heavy atom. The van der Waals surface area contributed by atoms with Gasteiger partial charge in [0.2, 0.25) is 5.91 Å². The van der Waals surface area contributed by atoms with E-state index in [0.29, 0.717) is 34.2 Å². The molecule has 0 radical (unpaired) electrons. The normalized spacial score (nSPS) is 10.7. The first-order valence-electron chi connectivity index (χ1n) is 11.0. The Labute approximate surface area is 214 Å². The monoisotopic (exact) mass is 511 g/mol. The van der Waals surface area contributed by atoms with Crippen LogP contribution in [0.25, 0.3) is 0 Å². The molecule has 0 unspecified atom stereocenters. The van der Waals surface area contributed by atoms with Gasteiger partial charge in [-0.1, -0.05) is 42.9 Å². The van der Waals surface area contributed by atoms with Gasteiger partial charge in [0.05, 0.1) is 28.9 Å². The number of aryl methyl sites for hydroxylation is 1. The number of carbonyl (C=O) groups excluding carboxylic acids is 2. The molecule has 0 aliphatic carbocycles. The fourth-order valence-corrected chi connectivity index (χ4v) is 3.70. The summed E-state index contributed by atoms with van der Waals surface area (Å²) in [7, 11) is 0. The van der Waals surface area contributed by atoms with Crippen molar-refractivity contribution in [3.63, 3.8) is 0 Å². The van der Waals surface area contributed by atoms with E-state index in [4.69, 9.17) is 39.0 Å². The van der Waals surface area contributed by atoms with Gasteiger partial charge in [0, 0.05) is 11.8 Å². The molecule has 2 N–H and O–H groups in total. The van der Waals surface area contributed by atoms with E-state index in [1.54, 1.807) is 62.4 Å². The van der Waals surface area contributed by atoms with Crippen LogP contribution < -0.4 is 15.4 Å². The van der Waals surface area contributed by atoms with Crippen LogP contribution in [0, 0.1) is 0 Å². The van der Waals surface area contributed by atoms with Crippen molar-refractivity contribution < 1.29 is 19.1 Å². The van der Waals surface area contributed by atoms with Crippen molar-refractivity contribution in [2.75, 3.05) is 4.90 Å². The van der Waals surface area contributed by atoms with Gasteiger partial charge < -0.3 is 15.2 Å². The topological polar surface area (TPSA) is 94.8 Å². The van der Waals surface area contributed by atoms with E-state index in [0.717, 1.165) is 10.5 Å². The number of anilines is 1. The molecule has 0 saturated heterocycles. The van der Waals surface area contributed by atoms with Crippen LogP contribution in [0.5, 0.6) is 11.5 Å². The summed E-state index contributed by atoms with van der Waals surface area (Å²) in [6, 6.07) is 15.6. The van der Waals surface area contributed by atoms with Gasteiger partial charge in [-0.3, -0.25) is 9.78 Å². The number of halogens is 1. The molecule has 0 atom stereocenters. The molecular weight excluding hydrogens is 486 g/mol. The van der Waals surface area contributed by atoms with Crippen LogP contribution >= 0.6 is 23.8 Å². The third kappa shape index (κ3) is 6.77. The zero-order valence-corrected chi connectivity index (χ0v) is 21.2. The van der Waals surface area contributed by atoms with Crippen molar-refractivity contribution in [1.29, 1.82) is 0 Å². The molecule has 0 fully saturated rings. The molecule has 3 aromatic rings. The Hall–Kier alpha value is -3.49. The van der Waals surface area contributed by atoms with E-state index in [-0.39, 0.29) is 17.1 Å². The maximum atomic E-state index is 13.2. The summed E-state index contributed by atoms with van der Waals surface area (Å²) in [5.74, 6) is 0.730. The first-order chi connectivity index (χ1) is 16.7. The van der Waals surface area contributed by atoms with Crippen molar-refractivity contribution in [2.24, 2.45) is 5.73 Å². The molecule has 2 aromatic carbocycles.